The van der Waals surface area contributed by atoms with E-state index in [9.17, 15) is 14.4 Å². The van der Waals surface area contributed by atoms with Gasteiger partial charge in [0.05, 0.1) is 5.56 Å². The maximum absolute atomic E-state index is 12.7. The van der Waals surface area contributed by atoms with Gasteiger partial charge in [0.1, 0.15) is 25.8 Å². The normalized spacial score (nSPS) is 11.3. The highest BCUT2D eigenvalue weighted by molar-refractivity contribution is 5.92. The van der Waals surface area contributed by atoms with E-state index >= 15 is 0 Å². The van der Waals surface area contributed by atoms with E-state index in [4.69, 9.17) is 15.2 Å². The molecular weight excluding hydrogens is 434 g/mol. The van der Waals surface area contributed by atoms with Gasteiger partial charge in [0.15, 0.2) is 12.4 Å². The number of hydrogen-bond acceptors (Lipinski definition) is 5. The van der Waals surface area contributed by atoms with Crippen LogP contribution in [0.25, 0.3) is 0 Å². The summed E-state index contributed by atoms with van der Waals surface area (Å²) in [4.78, 5) is 36.3. The Morgan fingerprint density at radius 2 is 1.38 bits per heavy atom. The van der Waals surface area contributed by atoms with E-state index in [2.05, 4.69) is 5.32 Å². The van der Waals surface area contributed by atoms with E-state index in [0.29, 0.717) is 24.9 Å². The molecule has 1 heterocycles. The molecule has 34 heavy (non-hydrogen) atoms. The van der Waals surface area contributed by atoms with Gasteiger partial charge in [0.2, 0.25) is 5.91 Å². The Bertz CT molecular complexity index is 1070. The highest BCUT2D eigenvalue weighted by Gasteiger charge is 2.23. The highest BCUT2D eigenvalue weighted by Crippen LogP contribution is 2.07. The molecule has 2 aromatic carbocycles. The van der Waals surface area contributed by atoms with Crippen LogP contribution in [0.3, 0.4) is 0 Å². The Hall–Kier alpha value is -4.20. The molecule has 0 aliphatic carbocycles. The first-order chi connectivity index (χ1) is 16.5. The highest BCUT2D eigenvalue weighted by atomic mass is 16.6. The average Bonchev–Trinajstić information content (AvgIpc) is 2.87. The van der Waals surface area contributed by atoms with Crippen molar-refractivity contribution in [3.63, 3.8) is 0 Å². The molecule has 3 rings (SSSR count). The molecule has 0 fully saturated rings. The van der Waals surface area contributed by atoms with Crippen LogP contribution in [0.4, 0.5) is 4.79 Å². The van der Waals surface area contributed by atoms with Gasteiger partial charge >= 0.3 is 12.1 Å². The van der Waals surface area contributed by atoms with Crippen molar-refractivity contribution in [2.45, 2.75) is 38.6 Å². The molecule has 8 heteroatoms. The van der Waals surface area contributed by atoms with Crippen LogP contribution in [-0.2, 0) is 34.0 Å². The molecule has 1 aromatic heterocycles. The number of aromatic nitrogens is 1. The quantitative estimate of drug-likeness (QED) is 0.336. The van der Waals surface area contributed by atoms with Crippen molar-refractivity contribution < 1.29 is 28.4 Å². The molecule has 8 nitrogen and oxygen atoms in total. The molecule has 0 radical (unpaired) electrons. The van der Waals surface area contributed by atoms with Crippen molar-refractivity contribution in [1.29, 1.82) is 0 Å². The standard InChI is InChI=1S/C26H27N3O5/c27-24(30)22-13-16-29(17-14-22)15-7-12-23(25(31)33-18-20-8-3-1-4-9-20)28-26(32)34-19-21-10-5-2-6-11-21/h1-6,8-11,13-14,16-17,23H,7,12,15,18-19H2,(H2-,27,28,30,32)/p+1/t23-/m0/s1. The molecule has 1 atom stereocenters. The van der Waals surface area contributed by atoms with E-state index in [1.54, 1.807) is 24.5 Å². The topological polar surface area (TPSA) is 112 Å². The number of carbonyl (C=O) groups is 3. The van der Waals surface area contributed by atoms with Gasteiger partial charge in [-0.15, -0.1) is 0 Å². The van der Waals surface area contributed by atoms with E-state index in [1.807, 2.05) is 65.2 Å². The van der Waals surface area contributed by atoms with Crippen LogP contribution in [0.15, 0.2) is 85.2 Å². The number of pyridine rings is 1. The molecular formula is C26H28N3O5+. The zero-order valence-electron chi connectivity index (χ0n) is 18.8. The number of nitrogens with one attached hydrogen (secondary N) is 1. The minimum absolute atomic E-state index is 0.0977. The Kier molecular flexibility index (Phi) is 9.16. The maximum atomic E-state index is 12.7. The van der Waals surface area contributed by atoms with Crippen LogP contribution in [-0.4, -0.2) is 24.0 Å². The Balaban J connectivity index is 1.55. The third-order valence-corrected chi connectivity index (χ3v) is 5.10. The molecule has 3 N–H and O–H groups in total. The second kappa shape index (κ2) is 12.7. The van der Waals surface area contributed by atoms with E-state index in [0.717, 1.165) is 11.1 Å². The number of rotatable bonds is 11. The van der Waals surface area contributed by atoms with Gasteiger partial charge in [0.25, 0.3) is 0 Å². The lowest BCUT2D eigenvalue weighted by atomic mass is 10.1. The molecule has 0 spiro atoms. The van der Waals surface area contributed by atoms with Gasteiger partial charge in [-0.2, -0.15) is 0 Å². The predicted octanol–water partition coefficient (Wildman–Crippen LogP) is 2.89. The zero-order chi connectivity index (χ0) is 24.2. The summed E-state index contributed by atoms with van der Waals surface area (Å²) in [5, 5.41) is 2.63. The summed E-state index contributed by atoms with van der Waals surface area (Å²) in [6, 6.07) is 21.0. The number of nitrogens with two attached hydrogens (primary N) is 1. The largest absolute Gasteiger partial charge is 0.459 e. The lowest BCUT2D eigenvalue weighted by molar-refractivity contribution is -0.697. The SMILES string of the molecule is NC(=O)c1cc[n+](CCC[C@H](NC(=O)OCc2ccccc2)C(=O)OCc2ccccc2)cc1. The molecule has 0 unspecified atom stereocenters. The Morgan fingerprint density at radius 1 is 0.824 bits per heavy atom. The molecule has 3 aromatic rings. The number of alkyl carbamates (subject to hydrolysis) is 1. The van der Waals surface area contributed by atoms with Gasteiger partial charge in [-0.05, 0) is 17.5 Å². The number of aryl methyl sites for hydroxylation is 1. The second-order valence-electron chi connectivity index (χ2n) is 7.68. The number of carbonyl (C=O) groups excluding carboxylic acids is 3. The van der Waals surface area contributed by atoms with Crippen molar-refractivity contribution in [3.8, 4) is 0 Å². The van der Waals surface area contributed by atoms with Gasteiger partial charge in [-0.3, -0.25) is 4.79 Å². The summed E-state index contributed by atoms with van der Waals surface area (Å²) < 4.78 is 12.6. The first-order valence-electron chi connectivity index (χ1n) is 11.0. The van der Waals surface area contributed by atoms with E-state index < -0.39 is 24.0 Å². The lowest BCUT2D eigenvalue weighted by Gasteiger charge is -2.17. The third kappa shape index (κ3) is 8.05. The average molecular weight is 463 g/mol. The maximum Gasteiger partial charge on any atom is 0.408 e. The monoisotopic (exact) mass is 462 g/mol. The summed E-state index contributed by atoms with van der Waals surface area (Å²) in [5.74, 6) is -1.03. The predicted molar refractivity (Wildman–Crippen MR) is 124 cm³/mol. The van der Waals surface area contributed by atoms with Crippen molar-refractivity contribution in [2.24, 2.45) is 5.73 Å². The molecule has 0 saturated heterocycles. The number of primary amides is 1. The number of amides is 2. The summed E-state index contributed by atoms with van der Waals surface area (Å²) in [6.07, 6.45) is 3.71. The second-order valence-corrected chi connectivity index (χ2v) is 7.68. The van der Waals surface area contributed by atoms with E-state index in [1.165, 1.54) is 0 Å². The third-order valence-electron chi connectivity index (χ3n) is 5.10. The molecule has 176 valence electrons. The summed E-state index contributed by atoms with van der Waals surface area (Å²) in [5.41, 5.74) is 7.38. The van der Waals surface area contributed by atoms with Crippen molar-refractivity contribution in [2.75, 3.05) is 0 Å². The van der Waals surface area contributed by atoms with Crippen LogP contribution in [0.5, 0.6) is 0 Å². The fraction of sp³-hybridized carbons (Fsp3) is 0.231. The summed E-state index contributed by atoms with van der Waals surface area (Å²) in [6.45, 7) is 0.781. The number of esters is 1. The lowest BCUT2D eigenvalue weighted by Crippen LogP contribution is -2.43. The Morgan fingerprint density at radius 3 is 1.94 bits per heavy atom. The first-order valence-corrected chi connectivity index (χ1v) is 11.0. The van der Waals surface area contributed by atoms with Gasteiger partial charge in [-0.25, -0.2) is 14.2 Å². The molecule has 0 aliphatic rings. The van der Waals surface area contributed by atoms with Crippen LogP contribution in [0, 0.1) is 0 Å². The van der Waals surface area contributed by atoms with Crippen LogP contribution < -0.4 is 15.6 Å². The van der Waals surface area contributed by atoms with Gasteiger partial charge in [-0.1, -0.05) is 60.7 Å². The van der Waals surface area contributed by atoms with Crippen LogP contribution >= 0.6 is 0 Å². The van der Waals surface area contributed by atoms with Gasteiger partial charge in [0, 0.05) is 18.6 Å². The molecule has 2 amide bonds. The smallest absolute Gasteiger partial charge is 0.408 e. The minimum atomic E-state index is -0.863. The number of nitrogens with zero attached hydrogens (tertiary/aromatic N) is 1. The van der Waals surface area contributed by atoms with Crippen LogP contribution in [0.2, 0.25) is 0 Å². The van der Waals surface area contributed by atoms with E-state index in [-0.39, 0.29) is 13.2 Å². The number of hydrogen-bond donors (Lipinski definition) is 2. The molecule has 0 bridgehead atoms. The van der Waals surface area contributed by atoms with Crippen molar-refractivity contribution in [3.05, 3.63) is 102 Å². The minimum Gasteiger partial charge on any atom is -0.459 e. The Labute approximate surface area is 198 Å². The summed E-state index contributed by atoms with van der Waals surface area (Å²) >= 11 is 0. The zero-order valence-corrected chi connectivity index (χ0v) is 18.8. The molecule has 0 aliphatic heterocycles. The van der Waals surface area contributed by atoms with Crippen molar-refractivity contribution in [1.82, 2.24) is 5.32 Å². The molecule has 0 saturated carbocycles. The number of benzene rings is 2. The number of ether oxygens (including phenoxy) is 2. The van der Waals surface area contributed by atoms with Crippen molar-refractivity contribution >= 4 is 18.0 Å². The first kappa shape index (κ1) is 24.4. The summed E-state index contributed by atoms with van der Waals surface area (Å²) in [7, 11) is 0. The van der Waals surface area contributed by atoms with Crippen LogP contribution in [0.1, 0.15) is 34.3 Å². The fourth-order valence-corrected chi connectivity index (χ4v) is 3.23. The van der Waals surface area contributed by atoms with Gasteiger partial charge < -0.3 is 20.5 Å². The fourth-order valence-electron chi connectivity index (χ4n) is 3.23.